The summed E-state index contributed by atoms with van der Waals surface area (Å²) >= 11 is 0. The van der Waals surface area contributed by atoms with Gasteiger partial charge in [0.2, 0.25) is 0 Å². The summed E-state index contributed by atoms with van der Waals surface area (Å²) in [6.45, 7) is 3.59. The minimum absolute atomic E-state index is 0.312. The Kier molecular flexibility index (Phi) is 3.61. The van der Waals surface area contributed by atoms with E-state index in [1.54, 1.807) is 31.6 Å². The minimum Gasteiger partial charge on any atom is -0.346 e. The molecule has 124 valence electrons. The zero-order chi connectivity index (χ0) is 17.4. The van der Waals surface area contributed by atoms with Crippen molar-refractivity contribution in [2.45, 2.75) is 13.8 Å². The van der Waals surface area contributed by atoms with Crippen LogP contribution in [0.4, 0.5) is 15.9 Å². The molecule has 0 fully saturated rings. The van der Waals surface area contributed by atoms with Crippen molar-refractivity contribution in [2.24, 2.45) is 0 Å². The van der Waals surface area contributed by atoms with Gasteiger partial charge in [-0.2, -0.15) is 0 Å². The number of aryl methyl sites for hydroxylation is 2. The van der Waals surface area contributed by atoms with E-state index in [1.807, 2.05) is 19.1 Å². The molecule has 0 aliphatic carbocycles. The second kappa shape index (κ2) is 5.94. The van der Waals surface area contributed by atoms with Crippen LogP contribution in [0.25, 0.3) is 22.6 Å². The lowest BCUT2D eigenvalue weighted by atomic mass is 10.2. The fourth-order valence-electron chi connectivity index (χ4n) is 2.56. The highest BCUT2D eigenvalue weighted by atomic mass is 19.1. The third-order valence-electron chi connectivity index (χ3n) is 3.94. The molecule has 0 saturated carbocycles. The van der Waals surface area contributed by atoms with Gasteiger partial charge in [0, 0.05) is 24.3 Å². The van der Waals surface area contributed by atoms with E-state index in [0.717, 1.165) is 16.6 Å². The normalized spacial score (nSPS) is 11.0. The van der Waals surface area contributed by atoms with Crippen LogP contribution in [0.2, 0.25) is 0 Å². The van der Waals surface area contributed by atoms with Crippen LogP contribution in [0.3, 0.4) is 0 Å². The largest absolute Gasteiger partial charge is 0.346 e. The molecule has 4 aromatic rings. The van der Waals surface area contributed by atoms with Crippen LogP contribution >= 0.6 is 0 Å². The number of aromatic amines is 1. The molecule has 4 rings (SSSR count). The van der Waals surface area contributed by atoms with Crippen molar-refractivity contribution in [3.8, 4) is 11.5 Å². The van der Waals surface area contributed by atoms with Gasteiger partial charge < -0.3 is 10.3 Å². The van der Waals surface area contributed by atoms with Crippen molar-refractivity contribution in [3.63, 3.8) is 0 Å². The first-order valence-corrected chi connectivity index (χ1v) is 7.78. The van der Waals surface area contributed by atoms with Crippen LogP contribution in [0.5, 0.6) is 0 Å². The smallest absolute Gasteiger partial charge is 0.182 e. The van der Waals surface area contributed by atoms with Gasteiger partial charge in [-0.1, -0.05) is 0 Å². The van der Waals surface area contributed by atoms with Gasteiger partial charge in [0.25, 0.3) is 0 Å². The predicted octanol–water partition coefficient (Wildman–Crippen LogP) is 3.91. The Morgan fingerprint density at radius 2 is 1.92 bits per heavy atom. The van der Waals surface area contributed by atoms with Crippen molar-refractivity contribution in [1.29, 1.82) is 0 Å². The number of nitrogens with zero attached hydrogens (tertiary/aromatic N) is 4. The number of fused-ring (bicyclic) bond motifs is 1. The summed E-state index contributed by atoms with van der Waals surface area (Å²) in [6.07, 6.45) is 5.30. The number of nitrogens with one attached hydrogen (secondary N) is 2. The topological polar surface area (TPSA) is 79.4 Å². The molecule has 25 heavy (non-hydrogen) atoms. The standard InChI is InChI=1S/C18H15FN6/c1-10-9-20-7-6-14(10)23-17-12-5-8-21-16(12)24-18(25-17)15-4-3-13(19)11(2)22-15/h3-9H,1-2H3,(H2,20,21,23,24,25). The molecule has 0 bridgehead atoms. The molecule has 0 aromatic carbocycles. The lowest BCUT2D eigenvalue weighted by molar-refractivity contribution is 0.610. The summed E-state index contributed by atoms with van der Waals surface area (Å²) in [5.41, 5.74) is 3.42. The maximum Gasteiger partial charge on any atom is 0.182 e. The van der Waals surface area contributed by atoms with Crippen LogP contribution in [0.15, 0.2) is 42.9 Å². The first kappa shape index (κ1) is 15.2. The number of H-pyrrole nitrogens is 1. The van der Waals surface area contributed by atoms with Crippen molar-refractivity contribution >= 4 is 22.5 Å². The molecule has 0 unspecified atom stereocenters. The third-order valence-corrected chi connectivity index (χ3v) is 3.94. The fraction of sp³-hybridized carbons (Fsp3) is 0.111. The van der Waals surface area contributed by atoms with E-state index in [2.05, 4.69) is 30.2 Å². The van der Waals surface area contributed by atoms with Gasteiger partial charge in [-0.3, -0.25) is 4.98 Å². The van der Waals surface area contributed by atoms with Crippen molar-refractivity contribution < 1.29 is 4.39 Å². The molecule has 4 aromatic heterocycles. The molecule has 0 aliphatic rings. The lowest BCUT2D eigenvalue weighted by Gasteiger charge is -2.11. The molecular formula is C18H15FN6. The van der Waals surface area contributed by atoms with Gasteiger partial charge in [0.1, 0.15) is 23.0 Å². The molecule has 0 atom stereocenters. The van der Waals surface area contributed by atoms with Crippen LogP contribution < -0.4 is 5.32 Å². The molecule has 0 radical (unpaired) electrons. The van der Waals surface area contributed by atoms with Crippen LogP contribution in [0, 0.1) is 19.7 Å². The van der Waals surface area contributed by atoms with Crippen LogP contribution in [0.1, 0.15) is 11.3 Å². The zero-order valence-corrected chi connectivity index (χ0v) is 13.7. The van der Waals surface area contributed by atoms with E-state index in [4.69, 9.17) is 0 Å². The maximum atomic E-state index is 13.5. The Balaban J connectivity index is 1.85. The summed E-state index contributed by atoms with van der Waals surface area (Å²) in [6, 6.07) is 6.74. The number of anilines is 2. The van der Waals surface area contributed by atoms with Crippen molar-refractivity contribution in [2.75, 3.05) is 5.32 Å². The van der Waals surface area contributed by atoms with Crippen molar-refractivity contribution in [1.82, 2.24) is 24.9 Å². The summed E-state index contributed by atoms with van der Waals surface area (Å²) in [5.74, 6) is 0.724. The molecule has 2 N–H and O–H groups in total. The average molecular weight is 334 g/mol. The molecule has 0 amide bonds. The first-order chi connectivity index (χ1) is 12.1. The highest BCUT2D eigenvalue weighted by Gasteiger charge is 2.13. The van der Waals surface area contributed by atoms with E-state index in [1.165, 1.54) is 6.07 Å². The van der Waals surface area contributed by atoms with E-state index in [9.17, 15) is 4.39 Å². The number of hydrogen-bond donors (Lipinski definition) is 2. The van der Waals surface area contributed by atoms with Gasteiger partial charge in [0.05, 0.1) is 11.1 Å². The number of halogens is 1. The fourth-order valence-corrected chi connectivity index (χ4v) is 2.56. The molecule has 0 aliphatic heterocycles. The van der Waals surface area contributed by atoms with Gasteiger partial charge in [-0.15, -0.1) is 0 Å². The number of pyridine rings is 2. The number of hydrogen-bond acceptors (Lipinski definition) is 5. The highest BCUT2D eigenvalue weighted by molar-refractivity contribution is 5.90. The lowest BCUT2D eigenvalue weighted by Crippen LogP contribution is -2.01. The molecular weight excluding hydrogens is 319 g/mol. The quantitative estimate of drug-likeness (QED) is 0.594. The van der Waals surface area contributed by atoms with Crippen LogP contribution in [-0.2, 0) is 0 Å². The van der Waals surface area contributed by atoms with Crippen molar-refractivity contribution in [3.05, 3.63) is 59.9 Å². The molecule has 4 heterocycles. The van der Waals surface area contributed by atoms with Gasteiger partial charge in [-0.05, 0) is 43.7 Å². The number of aromatic nitrogens is 5. The van der Waals surface area contributed by atoms with E-state index < -0.39 is 0 Å². The summed E-state index contributed by atoms with van der Waals surface area (Å²) in [7, 11) is 0. The summed E-state index contributed by atoms with van der Waals surface area (Å²) < 4.78 is 13.5. The first-order valence-electron chi connectivity index (χ1n) is 7.78. The van der Waals surface area contributed by atoms with Gasteiger partial charge in [-0.25, -0.2) is 19.3 Å². The molecule has 6 nitrogen and oxygen atoms in total. The summed E-state index contributed by atoms with van der Waals surface area (Å²) in [5, 5.41) is 4.18. The summed E-state index contributed by atoms with van der Waals surface area (Å²) in [4.78, 5) is 20.5. The van der Waals surface area contributed by atoms with Crippen LogP contribution in [-0.4, -0.2) is 24.9 Å². The Hall–Kier alpha value is -3.35. The minimum atomic E-state index is -0.351. The second-order valence-corrected chi connectivity index (χ2v) is 5.72. The molecule has 7 heteroatoms. The Bertz CT molecular complexity index is 1070. The Morgan fingerprint density at radius 3 is 2.72 bits per heavy atom. The zero-order valence-electron chi connectivity index (χ0n) is 13.7. The Labute approximate surface area is 143 Å². The van der Waals surface area contributed by atoms with E-state index in [0.29, 0.717) is 28.7 Å². The molecule has 0 saturated heterocycles. The number of rotatable bonds is 3. The van der Waals surface area contributed by atoms with E-state index >= 15 is 0 Å². The Morgan fingerprint density at radius 1 is 1.04 bits per heavy atom. The highest BCUT2D eigenvalue weighted by Crippen LogP contribution is 2.27. The van der Waals surface area contributed by atoms with Gasteiger partial charge >= 0.3 is 0 Å². The molecule has 0 spiro atoms. The SMILES string of the molecule is Cc1cnccc1Nc1nc(-c2ccc(F)c(C)n2)nc2[nH]ccc12. The predicted molar refractivity (Wildman–Crippen MR) is 94.1 cm³/mol. The maximum absolute atomic E-state index is 13.5. The van der Waals surface area contributed by atoms with Gasteiger partial charge in [0.15, 0.2) is 5.82 Å². The third kappa shape index (κ3) is 2.80. The second-order valence-electron chi connectivity index (χ2n) is 5.72. The average Bonchev–Trinajstić information content (AvgIpc) is 3.08. The monoisotopic (exact) mass is 334 g/mol. The van der Waals surface area contributed by atoms with E-state index in [-0.39, 0.29) is 5.82 Å².